The Morgan fingerprint density at radius 3 is 2.77 bits per heavy atom. The predicted octanol–water partition coefficient (Wildman–Crippen LogP) is -0.428. The molecule has 1 amide bonds. The zero-order valence-corrected chi connectivity index (χ0v) is 6.88. The van der Waals surface area contributed by atoms with Crippen molar-refractivity contribution in [2.24, 2.45) is 16.6 Å². The summed E-state index contributed by atoms with van der Waals surface area (Å²) in [4.78, 5) is 25.1. The summed E-state index contributed by atoms with van der Waals surface area (Å²) in [6, 6.07) is -0.556. The average molecular weight is 182 g/mol. The molecule has 70 valence electrons. The number of hydrogen-bond acceptors (Lipinski definition) is 3. The highest BCUT2D eigenvalue weighted by Crippen LogP contribution is 2.15. The van der Waals surface area contributed by atoms with Gasteiger partial charge in [0.2, 0.25) is 5.91 Å². The minimum absolute atomic E-state index is 0.172. The molecule has 1 aliphatic heterocycles. The molecular weight excluding hydrogens is 172 g/mol. The number of aliphatic carboxylic acids is 1. The zero-order valence-electron chi connectivity index (χ0n) is 6.88. The van der Waals surface area contributed by atoms with Crippen molar-refractivity contribution in [1.82, 2.24) is 0 Å². The molecule has 13 heavy (non-hydrogen) atoms. The van der Waals surface area contributed by atoms with Crippen molar-refractivity contribution < 1.29 is 14.7 Å². The summed E-state index contributed by atoms with van der Waals surface area (Å²) in [5, 5.41) is 8.52. The molecule has 0 saturated heterocycles. The largest absolute Gasteiger partial charge is 0.481 e. The Hall–Kier alpha value is -1.65. The lowest BCUT2D eigenvalue weighted by Gasteiger charge is -2.18. The van der Waals surface area contributed by atoms with Crippen molar-refractivity contribution in [1.29, 1.82) is 0 Å². The second kappa shape index (κ2) is 3.84. The maximum atomic E-state index is 10.9. The summed E-state index contributed by atoms with van der Waals surface area (Å²) in [6.45, 7) is 0. The molecule has 2 unspecified atom stereocenters. The van der Waals surface area contributed by atoms with Crippen LogP contribution in [0.5, 0.6) is 0 Å². The third-order valence-electron chi connectivity index (χ3n) is 1.81. The minimum atomic E-state index is -0.983. The van der Waals surface area contributed by atoms with Gasteiger partial charge >= 0.3 is 5.97 Å². The average Bonchev–Trinajstić information content (AvgIpc) is 2.03. The fourth-order valence-electron chi connectivity index (χ4n) is 1.19. The number of hydrogen-bond donors (Lipinski definition) is 2. The topological polar surface area (TPSA) is 92.8 Å². The molecule has 0 fully saturated rings. The molecule has 5 nitrogen and oxygen atoms in total. The second-order valence-electron chi connectivity index (χ2n) is 2.78. The van der Waals surface area contributed by atoms with Gasteiger partial charge in [0, 0.05) is 6.21 Å². The summed E-state index contributed by atoms with van der Waals surface area (Å²) in [6.07, 6.45) is 4.47. The van der Waals surface area contributed by atoms with E-state index in [4.69, 9.17) is 10.8 Å². The van der Waals surface area contributed by atoms with Crippen molar-refractivity contribution in [3.8, 4) is 0 Å². The number of aliphatic imine (C=N–C) groups is 1. The summed E-state index contributed by atoms with van der Waals surface area (Å²) in [7, 11) is 0. The molecule has 0 bridgehead atoms. The molecule has 0 aromatic heterocycles. The molecule has 1 aliphatic rings. The van der Waals surface area contributed by atoms with Crippen molar-refractivity contribution in [2.45, 2.75) is 12.5 Å². The van der Waals surface area contributed by atoms with Crippen LogP contribution in [0.4, 0.5) is 0 Å². The van der Waals surface area contributed by atoms with E-state index < -0.39 is 23.8 Å². The highest BCUT2D eigenvalue weighted by molar-refractivity contribution is 5.84. The summed E-state index contributed by atoms with van der Waals surface area (Å²) >= 11 is 0. The standard InChI is InChI=1S/C8H10N2O3/c9-8(13)5-2-1-3-10-6(5)4-7(11)12/h1-3,5-6H,4H2,(H2,9,13)(H,11,12). The monoisotopic (exact) mass is 182 g/mol. The predicted molar refractivity (Wildman–Crippen MR) is 46.4 cm³/mol. The number of carboxylic acid groups (broad SMARTS) is 1. The van der Waals surface area contributed by atoms with Crippen molar-refractivity contribution in [2.75, 3.05) is 0 Å². The van der Waals surface area contributed by atoms with Crippen LogP contribution in [0.1, 0.15) is 6.42 Å². The normalized spacial score (nSPS) is 25.8. The molecule has 5 heteroatoms. The minimum Gasteiger partial charge on any atom is -0.481 e. The van der Waals surface area contributed by atoms with Gasteiger partial charge in [-0.1, -0.05) is 6.08 Å². The molecule has 1 rings (SSSR count). The Balaban J connectivity index is 2.70. The van der Waals surface area contributed by atoms with Crippen molar-refractivity contribution in [3.63, 3.8) is 0 Å². The van der Waals surface area contributed by atoms with E-state index in [2.05, 4.69) is 4.99 Å². The summed E-state index contributed by atoms with van der Waals surface area (Å²) in [5.74, 6) is -2.12. The van der Waals surface area contributed by atoms with Gasteiger partial charge in [-0.25, -0.2) is 0 Å². The van der Waals surface area contributed by atoms with Crippen LogP contribution in [0.3, 0.4) is 0 Å². The molecule has 0 aromatic rings. The van der Waals surface area contributed by atoms with Gasteiger partial charge in [0.1, 0.15) is 0 Å². The second-order valence-corrected chi connectivity index (χ2v) is 2.78. The number of carbonyl (C=O) groups excluding carboxylic acids is 1. The van der Waals surface area contributed by atoms with Crippen LogP contribution in [0, 0.1) is 5.92 Å². The lowest BCUT2D eigenvalue weighted by Crippen LogP contribution is -2.33. The maximum Gasteiger partial charge on any atom is 0.305 e. The molecule has 2 atom stereocenters. The first kappa shape index (κ1) is 9.44. The zero-order chi connectivity index (χ0) is 9.84. The first-order valence-corrected chi connectivity index (χ1v) is 3.82. The van der Waals surface area contributed by atoms with Crippen LogP contribution in [0.2, 0.25) is 0 Å². The van der Waals surface area contributed by atoms with Crippen LogP contribution in [-0.2, 0) is 9.59 Å². The Morgan fingerprint density at radius 2 is 2.23 bits per heavy atom. The number of nitrogens with two attached hydrogens (primary N) is 1. The van der Waals surface area contributed by atoms with Gasteiger partial charge in [-0.2, -0.15) is 0 Å². The molecule has 0 saturated carbocycles. The Labute approximate surface area is 75.0 Å². The molecule has 0 radical (unpaired) electrons. The van der Waals surface area contributed by atoms with Crippen LogP contribution in [0.25, 0.3) is 0 Å². The van der Waals surface area contributed by atoms with E-state index in [1.165, 1.54) is 6.21 Å². The quantitative estimate of drug-likeness (QED) is 0.620. The number of dihydropyridines is 1. The van der Waals surface area contributed by atoms with E-state index in [0.29, 0.717) is 0 Å². The van der Waals surface area contributed by atoms with E-state index in [9.17, 15) is 9.59 Å². The molecule has 3 N–H and O–H groups in total. The van der Waals surface area contributed by atoms with E-state index in [1.54, 1.807) is 12.2 Å². The van der Waals surface area contributed by atoms with E-state index >= 15 is 0 Å². The molecule has 1 heterocycles. The van der Waals surface area contributed by atoms with Gasteiger partial charge in [-0.15, -0.1) is 0 Å². The molecule has 0 aliphatic carbocycles. The number of allylic oxidation sites excluding steroid dienone is 1. The van der Waals surface area contributed by atoms with Gasteiger partial charge in [0.05, 0.1) is 18.4 Å². The van der Waals surface area contributed by atoms with Crippen molar-refractivity contribution in [3.05, 3.63) is 12.2 Å². The van der Waals surface area contributed by atoms with Crippen LogP contribution < -0.4 is 5.73 Å². The fourth-order valence-corrected chi connectivity index (χ4v) is 1.19. The van der Waals surface area contributed by atoms with Gasteiger partial charge in [-0.05, 0) is 6.08 Å². The summed E-state index contributed by atoms with van der Waals surface area (Å²) < 4.78 is 0. The molecule has 0 spiro atoms. The van der Waals surface area contributed by atoms with Crippen molar-refractivity contribution >= 4 is 18.1 Å². The Bertz CT molecular complexity index is 283. The number of amides is 1. The van der Waals surface area contributed by atoms with E-state index in [0.717, 1.165) is 0 Å². The van der Waals surface area contributed by atoms with E-state index in [-0.39, 0.29) is 6.42 Å². The van der Waals surface area contributed by atoms with Gasteiger partial charge in [0.25, 0.3) is 0 Å². The Morgan fingerprint density at radius 1 is 1.54 bits per heavy atom. The van der Waals surface area contributed by atoms with Gasteiger partial charge in [0.15, 0.2) is 0 Å². The third kappa shape index (κ3) is 2.40. The first-order valence-electron chi connectivity index (χ1n) is 3.82. The Kier molecular flexibility index (Phi) is 2.79. The first-order chi connectivity index (χ1) is 6.11. The highest BCUT2D eigenvalue weighted by atomic mass is 16.4. The molecular formula is C8H10N2O3. The highest BCUT2D eigenvalue weighted by Gasteiger charge is 2.26. The number of carbonyl (C=O) groups is 2. The van der Waals surface area contributed by atoms with Crippen LogP contribution >= 0.6 is 0 Å². The SMILES string of the molecule is NC(=O)C1C=CC=NC1CC(=O)O. The number of carboxylic acids is 1. The lowest BCUT2D eigenvalue weighted by molar-refractivity contribution is -0.137. The maximum absolute atomic E-state index is 10.9. The number of rotatable bonds is 3. The fraction of sp³-hybridized carbons (Fsp3) is 0.375. The number of nitrogens with zero attached hydrogens (tertiary/aromatic N) is 1. The molecule has 0 aromatic carbocycles. The van der Waals surface area contributed by atoms with Crippen LogP contribution in [0.15, 0.2) is 17.1 Å². The van der Waals surface area contributed by atoms with E-state index in [1.807, 2.05) is 0 Å². The van der Waals surface area contributed by atoms with Gasteiger partial charge in [-0.3, -0.25) is 14.6 Å². The summed E-state index contributed by atoms with van der Waals surface area (Å²) in [5.41, 5.74) is 5.08. The number of primary amides is 1. The third-order valence-corrected chi connectivity index (χ3v) is 1.81. The van der Waals surface area contributed by atoms with Gasteiger partial charge < -0.3 is 10.8 Å². The van der Waals surface area contributed by atoms with Crippen LogP contribution in [-0.4, -0.2) is 29.2 Å². The smallest absolute Gasteiger partial charge is 0.305 e. The lowest BCUT2D eigenvalue weighted by atomic mass is 9.95.